The van der Waals surface area contributed by atoms with Crippen molar-refractivity contribution in [1.82, 2.24) is 9.21 Å². The minimum Gasteiger partial charge on any atom is -0.496 e. The van der Waals surface area contributed by atoms with Crippen molar-refractivity contribution >= 4 is 15.9 Å². The Morgan fingerprint density at radius 1 is 1.26 bits per heavy atom. The fourth-order valence-electron chi connectivity index (χ4n) is 2.87. The van der Waals surface area contributed by atoms with Crippen LogP contribution in [-0.2, 0) is 14.8 Å². The number of benzene rings is 1. The van der Waals surface area contributed by atoms with Crippen LogP contribution in [0, 0.1) is 0 Å². The number of amides is 1. The van der Waals surface area contributed by atoms with Gasteiger partial charge in [-0.25, -0.2) is 8.42 Å². The van der Waals surface area contributed by atoms with E-state index >= 15 is 0 Å². The monoisotopic (exact) mass is 340 g/mol. The van der Waals surface area contributed by atoms with Gasteiger partial charge in [-0.2, -0.15) is 4.31 Å². The van der Waals surface area contributed by atoms with E-state index in [0.717, 1.165) is 5.56 Å². The zero-order valence-corrected chi connectivity index (χ0v) is 14.8. The predicted octanol–water partition coefficient (Wildman–Crippen LogP) is 1.64. The summed E-state index contributed by atoms with van der Waals surface area (Å²) in [6.07, 6.45) is 0. The molecule has 1 aromatic carbocycles. The SMILES string of the molecule is COc1ccccc1[C@H]1CN(S(=O)(=O)C(C)C)CCN1C(C)=O. The summed E-state index contributed by atoms with van der Waals surface area (Å²) in [4.78, 5) is 13.7. The topological polar surface area (TPSA) is 66.9 Å². The molecule has 23 heavy (non-hydrogen) atoms. The van der Waals surface area contributed by atoms with Crippen molar-refractivity contribution in [3.05, 3.63) is 29.8 Å². The second kappa shape index (κ2) is 6.88. The van der Waals surface area contributed by atoms with Gasteiger partial charge in [-0.15, -0.1) is 0 Å². The highest BCUT2D eigenvalue weighted by Crippen LogP contribution is 2.33. The lowest BCUT2D eigenvalue weighted by Gasteiger charge is -2.41. The maximum atomic E-state index is 12.5. The Morgan fingerprint density at radius 3 is 2.48 bits per heavy atom. The molecule has 1 atom stereocenters. The molecule has 128 valence electrons. The molecule has 0 aromatic heterocycles. The summed E-state index contributed by atoms with van der Waals surface area (Å²) >= 11 is 0. The molecule has 1 amide bonds. The van der Waals surface area contributed by atoms with Gasteiger partial charge in [-0.05, 0) is 19.9 Å². The molecule has 0 aliphatic carbocycles. The maximum Gasteiger partial charge on any atom is 0.220 e. The second-order valence-electron chi connectivity index (χ2n) is 5.92. The molecule has 0 radical (unpaired) electrons. The molecule has 0 saturated carbocycles. The summed E-state index contributed by atoms with van der Waals surface area (Å²) in [5, 5.41) is -0.482. The van der Waals surface area contributed by atoms with Crippen molar-refractivity contribution in [3.63, 3.8) is 0 Å². The van der Waals surface area contributed by atoms with Gasteiger partial charge >= 0.3 is 0 Å². The molecule has 0 spiro atoms. The van der Waals surface area contributed by atoms with Gasteiger partial charge in [0.1, 0.15) is 5.75 Å². The number of sulfonamides is 1. The summed E-state index contributed by atoms with van der Waals surface area (Å²) < 4.78 is 31.8. The van der Waals surface area contributed by atoms with Crippen LogP contribution in [-0.4, -0.2) is 55.5 Å². The molecule has 6 nitrogen and oxygen atoms in total. The summed E-state index contributed by atoms with van der Waals surface area (Å²) in [6, 6.07) is 7.08. The summed E-state index contributed by atoms with van der Waals surface area (Å²) in [6.45, 7) is 5.81. The smallest absolute Gasteiger partial charge is 0.220 e. The highest BCUT2D eigenvalue weighted by atomic mass is 32.2. The van der Waals surface area contributed by atoms with Crippen LogP contribution in [0.2, 0.25) is 0 Å². The van der Waals surface area contributed by atoms with Gasteiger partial charge in [0.15, 0.2) is 0 Å². The van der Waals surface area contributed by atoms with Gasteiger partial charge in [0, 0.05) is 32.1 Å². The maximum absolute atomic E-state index is 12.5. The number of carbonyl (C=O) groups is 1. The quantitative estimate of drug-likeness (QED) is 0.836. The third-order valence-corrected chi connectivity index (χ3v) is 6.44. The summed E-state index contributed by atoms with van der Waals surface area (Å²) in [5.74, 6) is 0.593. The van der Waals surface area contributed by atoms with Gasteiger partial charge in [-0.1, -0.05) is 18.2 Å². The second-order valence-corrected chi connectivity index (χ2v) is 8.41. The van der Waals surface area contributed by atoms with E-state index in [1.54, 1.807) is 25.9 Å². The highest BCUT2D eigenvalue weighted by molar-refractivity contribution is 7.89. The lowest BCUT2D eigenvalue weighted by atomic mass is 10.0. The number of carbonyl (C=O) groups excluding carboxylic acids is 1. The molecule has 1 heterocycles. The van der Waals surface area contributed by atoms with E-state index in [1.807, 2.05) is 24.3 Å². The number of methoxy groups -OCH3 is 1. The van der Waals surface area contributed by atoms with Gasteiger partial charge in [0.25, 0.3) is 0 Å². The van der Waals surface area contributed by atoms with Crippen LogP contribution in [0.25, 0.3) is 0 Å². The van der Waals surface area contributed by atoms with Crippen molar-refractivity contribution in [2.24, 2.45) is 0 Å². The number of ether oxygens (including phenoxy) is 1. The van der Waals surface area contributed by atoms with E-state index in [4.69, 9.17) is 4.74 Å². The number of hydrogen-bond donors (Lipinski definition) is 0. The van der Waals surface area contributed by atoms with E-state index < -0.39 is 15.3 Å². The van der Waals surface area contributed by atoms with Crippen molar-refractivity contribution in [2.75, 3.05) is 26.7 Å². The van der Waals surface area contributed by atoms with Crippen LogP contribution in [0.15, 0.2) is 24.3 Å². The number of rotatable bonds is 4. The highest BCUT2D eigenvalue weighted by Gasteiger charge is 2.37. The molecule has 1 aromatic rings. The molecule has 0 bridgehead atoms. The molecule has 1 aliphatic rings. The van der Waals surface area contributed by atoms with Crippen LogP contribution in [0.4, 0.5) is 0 Å². The molecule has 7 heteroatoms. The van der Waals surface area contributed by atoms with Gasteiger partial charge in [-0.3, -0.25) is 4.79 Å². The Labute approximate surface area is 138 Å². The third-order valence-electron chi connectivity index (χ3n) is 4.20. The number of hydrogen-bond acceptors (Lipinski definition) is 4. The number of para-hydroxylation sites is 1. The van der Waals surface area contributed by atoms with Crippen LogP contribution < -0.4 is 4.74 Å². The Hall–Kier alpha value is -1.60. The zero-order valence-electron chi connectivity index (χ0n) is 14.0. The number of nitrogens with zero attached hydrogens (tertiary/aromatic N) is 2. The summed E-state index contributed by atoms with van der Waals surface area (Å²) in [7, 11) is -1.78. The number of piperazine rings is 1. The largest absolute Gasteiger partial charge is 0.496 e. The first kappa shape index (κ1) is 17.7. The van der Waals surface area contributed by atoms with Crippen LogP contribution in [0.5, 0.6) is 5.75 Å². The molecule has 1 fully saturated rings. The average Bonchev–Trinajstić information content (AvgIpc) is 2.53. The molecule has 1 saturated heterocycles. The fraction of sp³-hybridized carbons (Fsp3) is 0.562. The van der Waals surface area contributed by atoms with E-state index in [1.165, 1.54) is 11.2 Å². The standard InChI is InChI=1S/C16H24N2O4S/c1-12(2)23(20,21)17-9-10-18(13(3)19)15(11-17)14-7-5-6-8-16(14)22-4/h5-8,12,15H,9-11H2,1-4H3/t15-/m1/s1. The van der Waals surface area contributed by atoms with Crippen molar-refractivity contribution in [1.29, 1.82) is 0 Å². The van der Waals surface area contributed by atoms with Crippen LogP contribution >= 0.6 is 0 Å². The van der Waals surface area contributed by atoms with E-state index in [-0.39, 0.29) is 18.5 Å². The first-order valence-electron chi connectivity index (χ1n) is 7.68. The first-order valence-corrected chi connectivity index (χ1v) is 9.18. The van der Waals surface area contributed by atoms with Gasteiger partial charge < -0.3 is 9.64 Å². The van der Waals surface area contributed by atoms with E-state index in [2.05, 4.69) is 0 Å². The molecule has 0 N–H and O–H groups in total. The summed E-state index contributed by atoms with van der Waals surface area (Å²) in [5.41, 5.74) is 0.828. The van der Waals surface area contributed by atoms with Crippen LogP contribution in [0.1, 0.15) is 32.4 Å². The Morgan fingerprint density at radius 2 is 1.91 bits per heavy atom. The van der Waals surface area contributed by atoms with Crippen LogP contribution in [0.3, 0.4) is 0 Å². The Bertz CT molecular complexity index is 672. The van der Waals surface area contributed by atoms with Gasteiger partial charge in [0.2, 0.25) is 15.9 Å². The van der Waals surface area contributed by atoms with Gasteiger partial charge in [0.05, 0.1) is 18.4 Å². The fourth-order valence-corrected chi connectivity index (χ4v) is 4.15. The van der Waals surface area contributed by atoms with Crippen molar-refractivity contribution in [3.8, 4) is 5.75 Å². The average molecular weight is 340 g/mol. The lowest BCUT2D eigenvalue weighted by molar-refractivity contribution is -0.133. The zero-order chi connectivity index (χ0) is 17.2. The third kappa shape index (κ3) is 3.50. The van der Waals surface area contributed by atoms with E-state index in [0.29, 0.717) is 18.8 Å². The van der Waals surface area contributed by atoms with E-state index in [9.17, 15) is 13.2 Å². The minimum absolute atomic E-state index is 0.0671. The Balaban J connectivity index is 2.41. The lowest BCUT2D eigenvalue weighted by Crippen LogP contribution is -2.53. The molecule has 0 unspecified atom stereocenters. The van der Waals surface area contributed by atoms with Crippen molar-refractivity contribution in [2.45, 2.75) is 32.1 Å². The normalized spacial score (nSPS) is 19.9. The van der Waals surface area contributed by atoms with Crippen molar-refractivity contribution < 1.29 is 17.9 Å². The molecular weight excluding hydrogens is 316 g/mol. The Kier molecular flexibility index (Phi) is 5.31. The molecule has 2 rings (SSSR count). The first-order chi connectivity index (χ1) is 10.8. The molecular formula is C16H24N2O4S. The predicted molar refractivity (Wildman–Crippen MR) is 88.8 cm³/mol. The molecule has 1 aliphatic heterocycles. The minimum atomic E-state index is -3.36.